The first-order valence-corrected chi connectivity index (χ1v) is 8.47. The van der Waals surface area contributed by atoms with Crippen LogP contribution in [-0.4, -0.2) is 16.5 Å². The van der Waals surface area contributed by atoms with Gasteiger partial charge >= 0.3 is 0 Å². The maximum Gasteiger partial charge on any atom is 0.149 e. The molecule has 0 aliphatic rings. The van der Waals surface area contributed by atoms with Gasteiger partial charge in [-0.15, -0.1) is 23.1 Å². The average Bonchev–Trinajstić information content (AvgIpc) is 2.67. The SMILES string of the molecule is Cc1nc(CC(=O)CSc2ccc(Br)cc2)sc1C. The fraction of sp³-hybridized carbons (Fsp3) is 0.286. The average molecular weight is 356 g/mol. The van der Waals surface area contributed by atoms with Gasteiger partial charge in [-0.25, -0.2) is 4.98 Å². The molecule has 0 atom stereocenters. The van der Waals surface area contributed by atoms with Crippen LogP contribution in [0.3, 0.4) is 0 Å². The number of thiazole rings is 1. The number of aromatic nitrogens is 1. The highest BCUT2D eigenvalue weighted by atomic mass is 79.9. The van der Waals surface area contributed by atoms with Crippen LogP contribution in [-0.2, 0) is 11.2 Å². The summed E-state index contributed by atoms with van der Waals surface area (Å²) in [7, 11) is 0. The van der Waals surface area contributed by atoms with E-state index in [-0.39, 0.29) is 5.78 Å². The van der Waals surface area contributed by atoms with Crippen molar-refractivity contribution in [1.82, 2.24) is 4.98 Å². The highest BCUT2D eigenvalue weighted by Crippen LogP contribution is 2.22. The van der Waals surface area contributed by atoms with Crippen molar-refractivity contribution in [2.45, 2.75) is 25.2 Å². The summed E-state index contributed by atoms with van der Waals surface area (Å²) < 4.78 is 1.05. The molecular weight excluding hydrogens is 342 g/mol. The van der Waals surface area contributed by atoms with Gasteiger partial charge in [0, 0.05) is 14.2 Å². The molecular formula is C14H14BrNOS2. The van der Waals surface area contributed by atoms with Crippen LogP contribution in [0.15, 0.2) is 33.6 Å². The summed E-state index contributed by atoms with van der Waals surface area (Å²) in [6, 6.07) is 8.00. The van der Waals surface area contributed by atoms with Crippen molar-refractivity contribution in [3.8, 4) is 0 Å². The molecule has 0 radical (unpaired) electrons. The summed E-state index contributed by atoms with van der Waals surface area (Å²) in [6.45, 7) is 4.02. The van der Waals surface area contributed by atoms with Crippen LogP contribution in [0.5, 0.6) is 0 Å². The molecule has 19 heavy (non-hydrogen) atoms. The Kier molecular flexibility index (Phi) is 5.19. The zero-order valence-electron chi connectivity index (χ0n) is 10.8. The molecule has 0 saturated heterocycles. The minimum absolute atomic E-state index is 0.224. The van der Waals surface area contributed by atoms with Crippen molar-refractivity contribution in [2.24, 2.45) is 0 Å². The van der Waals surface area contributed by atoms with Gasteiger partial charge < -0.3 is 0 Å². The molecule has 0 fully saturated rings. The number of carbonyl (C=O) groups is 1. The fourth-order valence-corrected chi connectivity index (χ4v) is 3.51. The number of hydrogen-bond acceptors (Lipinski definition) is 4. The van der Waals surface area contributed by atoms with E-state index < -0.39 is 0 Å². The number of rotatable bonds is 5. The molecule has 0 aliphatic heterocycles. The van der Waals surface area contributed by atoms with Crippen molar-refractivity contribution < 1.29 is 4.79 Å². The smallest absolute Gasteiger partial charge is 0.149 e. The molecule has 1 aromatic carbocycles. The Hall–Kier alpha value is -0.650. The van der Waals surface area contributed by atoms with Crippen LogP contribution in [0, 0.1) is 13.8 Å². The summed E-state index contributed by atoms with van der Waals surface area (Å²) in [5, 5.41) is 0.927. The molecule has 0 unspecified atom stereocenters. The maximum atomic E-state index is 11.9. The summed E-state index contributed by atoms with van der Waals surface area (Å²) in [5.41, 5.74) is 1.04. The minimum atomic E-state index is 0.224. The van der Waals surface area contributed by atoms with Crippen molar-refractivity contribution >= 4 is 44.8 Å². The Bertz CT molecular complexity index is 558. The Labute approximate surface area is 129 Å². The quantitative estimate of drug-likeness (QED) is 0.743. The summed E-state index contributed by atoms with van der Waals surface area (Å²) in [6.07, 6.45) is 0.447. The lowest BCUT2D eigenvalue weighted by molar-refractivity contribution is -0.116. The van der Waals surface area contributed by atoms with Crippen molar-refractivity contribution in [3.05, 3.63) is 44.3 Å². The number of benzene rings is 1. The van der Waals surface area contributed by atoms with Gasteiger partial charge in [0.05, 0.1) is 17.9 Å². The molecule has 0 bridgehead atoms. The van der Waals surface area contributed by atoms with E-state index in [1.807, 2.05) is 38.1 Å². The van der Waals surface area contributed by atoms with Gasteiger partial charge in [-0.3, -0.25) is 4.79 Å². The number of nitrogens with zero attached hydrogens (tertiary/aromatic N) is 1. The molecule has 2 rings (SSSR count). The van der Waals surface area contributed by atoms with E-state index in [4.69, 9.17) is 0 Å². The monoisotopic (exact) mass is 355 g/mol. The van der Waals surface area contributed by atoms with Gasteiger partial charge in [-0.2, -0.15) is 0 Å². The standard InChI is InChI=1S/C14H14BrNOS2/c1-9-10(2)19-14(16-9)7-12(17)8-18-13-5-3-11(15)4-6-13/h3-6H,7-8H2,1-2H3. The van der Waals surface area contributed by atoms with E-state index in [9.17, 15) is 4.79 Å². The third-order valence-electron chi connectivity index (χ3n) is 2.63. The van der Waals surface area contributed by atoms with Gasteiger partial charge in [-0.1, -0.05) is 15.9 Å². The van der Waals surface area contributed by atoms with E-state index in [1.54, 1.807) is 23.1 Å². The van der Waals surface area contributed by atoms with Crippen LogP contribution >= 0.6 is 39.0 Å². The van der Waals surface area contributed by atoms with E-state index in [0.717, 1.165) is 20.1 Å². The topological polar surface area (TPSA) is 30.0 Å². The number of thioether (sulfide) groups is 1. The first-order valence-electron chi connectivity index (χ1n) is 5.87. The molecule has 2 aromatic rings. The second kappa shape index (κ2) is 6.68. The lowest BCUT2D eigenvalue weighted by Gasteiger charge is -2.00. The molecule has 0 saturated carbocycles. The molecule has 0 N–H and O–H groups in total. The van der Waals surface area contributed by atoms with E-state index in [2.05, 4.69) is 20.9 Å². The number of carbonyl (C=O) groups excluding carboxylic acids is 1. The third-order valence-corrected chi connectivity index (χ3v) is 5.31. The molecule has 2 nitrogen and oxygen atoms in total. The first-order chi connectivity index (χ1) is 9.04. The van der Waals surface area contributed by atoms with Crippen molar-refractivity contribution in [2.75, 3.05) is 5.75 Å². The number of halogens is 1. The molecule has 1 aromatic heterocycles. The summed E-state index contributed by atoms with van der Waals surface area (Å²) >= 11 is 6.59. The highest BCUT2D eigenvalue weighted by molar-refractivity contribution is 9.10. The molecule has 5 heteroatoms. The number of hydrogen-bond donors (Lipinski definition) is 0. The second-order valence-corrected chi connectivity index (χ2v) is 7.46. The highest BCUT2D eigenvalue weighted by Gasteiger charge is 2.09. The Morgan fingerprint density at radius 2 is 2.00 bits per heavy atom. The zero-order chi connectivity index (χ0) is 13.8. The molecule has 1 heterocycles. The van der Waals surface area contributed by atoms with Crippen molar-refractivity contribution in [1.29, 1.82) is 0 Å². The van der Waals surface area contributed by atoms with E-state index in [1.165, 1.54) is 4.88 Å². The molecule has 0 aliphatic carbocycles. The number of ketones is 1. The molecule has 100 valence electrons. The van der Waals surface area contributed by atoms with Crippen LogP contribution < -0.4 is 0 Å². The van der Waals surface area contributed by atoms with Crippen molar-refractivity contribution in [3.63, 3.8) is 0 Å². The van der Waals surface area contributed by atoms with Gasteiger partial charge in [0.25, 0.3) is 0 Å². The lowest BCUT2D eigenvalue weighted by Crippen LogP contribution is -2.05. The number of aryl methyl sites for hydroxylation is 2. The molecule has 0 amide bonds. The second-order valence-electron chi connectivity index (χ2n) is 4.21. The van der Waals surface area contributed by atoms with Gasteiger partial charge in [0.15, 0.2) is 0 Å². The Balaban J connectivity index is 1.86. The zero-order valence-corrected chi connectivity index (χ0v) is 14.0. The van der Waals surface area contributed by atoms with Gasteiger partial charge in [0.1, 0.15) is 10.8 Å². The normalized spacial score (nSPS) is 10.7. The Morgan fingerprint density at radius 1 is 1.32 bits per heavy atom. The summed E-state index contributed by atoms with van der Waals surface area (Å²) in [5.74, 6) is 0.723. The lowest BCUT2D eigenvalue weighted by atomic mass is 10.3. The predicted octanol–water partition coefficient (Wildman–Crippen LogP) is 4.43. The van der Waals surface area contributed by atoms with Crippen LogP contribution in [0.25, 0.3) is 0 Å². The molecule has 0 spiro atoms. The Morgan fingerprint density at radius 3 is 2.58 bits per heavy atom. The van der Waals surface area contributed by atoms with Gasteiger partial charge in [0.2, 0.25) is 0 Å². The van der Waals surface area contributed by atoms with Crippen LogP contribution in [0.4, 0.5) is 0 Å². The minimum Gasteiger partial charge on any atom is -0.298 e. The van der Waals surface area contributed by atoms with E-state index >= 15 is 0 Å². The van der Waals surface area contributed by atoms with Gasteiger partial charge in [-0.05, 0) is 38.1 Å². The summed E-state index contributed by atoms with van der Waals surface area (Å²) in [4.78, 5) is 18.6. The van der Waals surface area contributed by atoms with Crippen LogP contribution in [0.2, 0.25) is 0 Å². The van der Waals surface area contributed by atoms with E-state index in [0.29, 0.717) is 12.2 Å². The van der Waals surface area contributed by atoms with Crippen LogP contribution in [0.1, 0.15) is 15.6 Å². The first kappa shape index (κ1) is 14.8. The maximum absolute atomic E-state index is 11.9. The fourth-order valence-electron chi connectivity index (χ4n) is 1.53. The predicted molar refractivity (Wildman–Crippen MR) is 85.2 cm³/mol. The largest absolute Gasteiger partial charge is 0.298 e. The third kappa shape index (κ3) is 4.44. The number of Topliss-reactive ketones (excluding diaryl/α,β-unsaturated/α-hetero) is 1.